The first-order valence-corrected chi connectivity index (χ1v) is 7.86. The fourth-order valence-corrected chi connectivity index (χ4v) is 2.72. The summed E-state index contributed by atoms with van der Waals surface area (Å²) in [5, 5.41) is 13.8. The second kappa shape index (κ2) is 6.84. The quantitative estimate of drug-likeness (QED) is 0.542. The maximum Gasteiger partial charge on any atom is 0.416 e. The Hall–Kier alpha value is -2.41. The Labute approximate surface area is 141 Å². The van der Waals surface area contributed by atoms with E-state index in [4.69, 9.17) is 5.11 Å². The molecule has 0 bridgehead atoms. The number of hydrogen-bond donors (Lipinski definition) is 1. The summed E-state index contributed by atoms with van der Waals surface area (Å²) in [7, 11) is 0. The van der Waals surface area contributed by atoms with Crippen LogP contribution in [0, 0.1) is 5.82 Å². The molecule has 0 atom stereocenters. The molecule has 0 aliphatic carbocycles. The van der Waals surface area contributed by atoms with Crippen LogP contribution in [-0.4, -0.2) is 21.5 Å². The van der Waals surface area contributed by atoms with Crippen LogP contribution in [0.4, 0.5) is 17.6 Å². The van der Waals surface area contributed by atoms with E-state index in [0.717, 1.165) is 12.1 Å². The molecule has 0 saturated carbocycles. The zero-order valence-electron chi connectivity index (χ0n) is 13.2. The van der Waals surface area contributed by atoms with Crippen LogP contribution in [0.25, 0.3) is 16.6 Å². The Morgan fingerprint density at radius 3 is 2.36 bits per heavy atom. The van der Waals surface area contributed by atoms with Crippen molar-refractivity contribution in [3.8, 4) is 5.69 Å². The molecule has 3 aromatic rings. The average molecular weight is 352 g/mol. The Morgan fingerprint density at radius 2 is 1.72 bits per heavy atom. The Morgan fingerprint density at radius 1 is 1.00 bits per heavy atom. The second-order valence-electron chi connectivity index (χ2n) is 5.75. The van der Waals surface area contributed by atoms with Crippen LogP contribution in [0.5, 0.6) is 0 Å². The largest absolute Gasteiger partial charge is 0.416 e. The SMILES string of the molecule is OCCCCc1nn(-c2ccc(F)cc2)c2ccc(C(F)(F)F)cc12. The number of aliphatic hydroxyl groups excluding tert-OH is 1. The third-order valence-corrected chi connectivity index (χ3v) is 3.98. The Bertz CT molecular complexity index is 869. The van der Waals surface area contributed by atoms with Gasteiger partial charge in [0.1, 0.15) is 5.82 Å². The molecule has 1 heterocycles. The number of nitrogens with zero attached hydrogens (tertiary/aromatic N) is 2. The lowest BCUT2D eigenvalue weighted by Gasteiger charge is -2.07. The van der Waals surface area contributed by atoms with Gasteiger partial charge in [-0.1, -0.05) is 0 Å². The van der Waals surface area contributed by atoms with E-state index in [0.29, 0.717) is 41.5 Å². The standard InChI is InChI=1S/C18H16F4N2O/c19-13-5-7-14(8-6-13)24-17-9-4-12(18(20,21)22)11-15(17)16(23-24)3-1-2-10-25/h4-9,11,25H,1-3,10H2. The smallest absolute Gasteiger partial charge is 0.396 e. The molecule has 1 aromatic heterocycles. The van der Waals surface area contributed by atoms with Crippen molar-refractivity contribution in [2.24, 2.45) is 0 Å². The van der Waals surface area contributed by atoms with Crippen molar-refractivity contribution >= 4 is 10.9 Å². The second-order valence-corrected chi connectivity index (χ2v) is 5.75. The summed E-state index contributed by atoms with van der Waals surface area (Å²) in [5.74, 6) is -0.400. The monoisotopic (exact) mass is 352 g/mol. The normalized spacial score (nSPS) is 12.0. The van der Waals surface area contributed by atoms with Crippen LogP contribution in [-0.2, 0) is 12.6 Å². The van der Waals surface area contributed by atoms with E-state index < -0.39 is 17.6 Å². The maximum atomic E-state index is 13.1. The number of aromatic nitrogens is 2. The van der Waals surface area contributed by atoms with Gasteiger partial charge in [0.25, 0.3) is 0 Å². The minimum atomic E-state index is -4.44. The van der Waals surface area contributed by atoms with Gasteiger partial charge in [-0.2, -0.15) is 18.3 Å². The first-order chi connectivity index (χ1) is 11.9. The maximum absolute atomic E-state index is 13.1. The molecule has 7 heteroatoms. The van der Waals surface area contributed by atoms with E-state index in [1.54, 1.807) is 0 Å². The molecule has 0 saturated heterocycles. The molecule has 0 fully saturated rings. The van der Waals surface area contributed by atoms with Crippen LogP contribution in [0.1, 0.15) is 24.1 Å². The summed E-state index contributed by atoms with van der Waals surface area (Å²) in [5.41, 5.74) is 0.888. The number of halogens is 4. The molecule has 1 N–H and O–H groups in total. The molecular formula is C18H16F4N2O. The molecule has 0 radical (unpaired) electrons. The molecular weight excluding hydrogens is 336 g/mol. The zero-order chi connectivity index (χ0) is 18.0. The molecule has 0 aliphatic rings. The first-order valence-electron chi connectivity index (χ1n) is 7.86. The average Bonchev–Trinajstić information content (AvgIpc) is 2.93. The highest BCUT2D eigenvalue weighted by molar-refractivity contribution is 5.84. The topological polar surface area (TPSA) is 38.1 Å². The van der Waals surface area contributed by atoms with Crippen molar-refractivity contribution in [3.05, 3.63) is 59.5 Å². The van der Waals surface area contributed by atoms with E-state index >= 15 is 0 Å². The zero-order valence-corrected chi connectivity index (χ0v) is 13.2. The van der Waals surface area contributed by atoms with Gasteiger partial charge in [-0.3, -0.25) is 0 Å². The van der Waals surface area contributed by atoms with Gasteiger partial charge in [0.15, 0.2) is 0 Å². The number of aliphatic hydroxyl groups is 1. The lowest BCUT2D eigenvalue weighted by molar-refractivity contribution is -0.137. The molecule has 0 spiro atoms. The minimum absolute atomic E-state index is 0.0183. The van der Waals surface area contributed by atoms with Gasteiger partial charge >= 0.3 is 6.18 Å². The Balaban J connectivity index is 2.12. The van der Waals surface area contributed by atoms with Crippen LogP contribution in [0.3, 0.4) is 0 Å². The van der Waals surface area contributed by atoms with Crippen molar-refractivity contribution in [2.75, 3.05) is 6.61 Å². The highest BCUT2D eigenvalue weighted by Crippen LogP contribution is 2.33. The van der Waals surface area contributed by atoms with Gasteiger partial charge < -0.3 is 5.11 Å². The summed E-state index contributed by atoms with van der Waals surface area (Å²) < 4.78 is 53.7. The lowest BCUT2D eigenvalue weighted by atomic mass is 10.1. The highest BCUT2D eigenvalue weighted by atomic mass is 19.4. The van der Waals surface area contributed by atoms with Crippen molar-refractivity contribution in [2.45, 2.75) is 25.4 Å². The van der Waals surface area contributed by atoms with Crippen LogP contribution in [0.2, 0.25) is 0 Å². The number of rotatable bonds is 5. The number of alkyl halides is 3. The summed E-state index contributed by atoms with van der Waals surface area (Å²) in [6.07, 6.45) is -2.83. The molecule has 3 rings (SSSR count). The summed E-state index contributed by atoms with van der Waals surface area (Å²) in [6, 6.07) is 9.09. The van der Waals surface area contributed by atoms with Gasteiger partial charge in [-0.15, -0.1) is 0 Å². The van der Waals surface area contributed by atoms with Crippen molar-refractivity contribution < 1.29 is 22.7 Å². The number of fused-ring (bicyclic) bond motifs is 1. The number of unbranched alkanes of at least 4 members (excludes halogenated alkanes) is 1. The molecule has 0 unspecified atom stereocenters. The number of aryl methyl sites for hydroxylation is 1. The molecule has 132 valence electrons. The van der Waals surface area contributed by atoms with Gasteiger partial charge in [-0.25, -0.2) is 9.07 Å². The van der Waals surface area contributed by atoms with Crippen LogP contribution in [0.15, 0.2) is 42.5 Å². The summed E-state index contributed by atoms with van der Waals surface area (Å²) in [4.78, 5) is 0. The predicted octanol–water partition coefficient (Wildman–Crippen LogP) is 4.50. The molecule has 3 nitrogen and oxygen atoms in total. The molecule has 0 amide bonds. The molecule has 2 aromatic carbocycles. The molecule has 0 aliphatic heterocycles. The minimum Gasteiger partial charge on any atom is -0.396 e. The van der Waals surface area contributed by atoms with Crippen molar-refractivity contribution in [3.63, 3.8) is 0 Å². The van der Waals surface area contributed by atoms with Crippen molar-refractivity contribution in [1.29, 1.82) is 0 Å². The van der Waals surface area contributed by atoms with Gasteiger partial charge in [0.2, 0.25) is 0 Å². The van der Waals surface area contributed by atoms with Crippen LogP contribution < -0.4 is 0 Å². The van der Waals surface area contributed by atoms with E-state index in [9.17, 15) is 17.6 Å². The third kappa shape index (κ3) is 3.66. The molecule has 25 heavy (non-hydrogen) atoms. The summed E-state index contributed by atoms with van der Waals surface area (Å²) >= 11 is 0. The van der Waals surface area contributed by atoms with Gasteiger partial charge in [-0.05, 0) is 61.7 Å². The van der Waals surface area contributed by atoms with E-state index in [1.165, 1.54) is 35.0 Å². The fraction of sp³-hybridized carbons (Fsp3) is 0.278. The van der Waals surface area contributed by atoms with Gasteiger partial charge in [0.05, 0.1) is 22.5 Å². The van der Waals surface area contributed by atoms with E-state index in [-0.39, 0.29) is 6.61 Å². The predicted molar refractivity (Wildman–Crippen MR) is 86.1 cm³/mol. The van der Waals surface area contributed by atoms with E-state index in [2.05, 4.69) is 5.10 Å². The van der Waals surface area contributed by atoms with E-state index in [1.807, 2.05) is 0 Å². The Kier molecular flexibility index (Phi) is 4.76. The number of hydrogen-bond acceptors (Lipinski definition) is 2. The van der Waals surface area contributed by atoms with Crippen molar-refractivity contribution in [1.82, 2.24) is 9.78 Å². The summed E-state index contributed by atoms with van der Waals surface area (Å²) in [6.45, 7) is 0.0183. The fourth-order valence-electron chi connectivity index (χ4n) is 2.72. The number of benzene rings is 2. The van der Waals surface area contributed by atoms with Gasteiger partial charge in [0, 0.05) is 12.0 Å². The lowest BCUT2D eigenvalue weighted by Crippen LogP contribution is -2.04. The highest BCUT2D eigenvalue weighted by Gasteiger charge is 2.31. The first kappa shape index (κ1) is 17.4. The van der Waals surface area contributed by atoms with Crippen LogP contribution >= 0.6 is 0 Å². The third-order valence-electron chi connectivity index (χ3n) is 3.98.